The molecule has 1 atom stereocenters. The van der Waals surface area contributed by atoms with E-state index in [1.165, 1.54) is 6.33 Å². The number of aromatic nitrogens is 3. The van der Waals surface area contributed by atoms with Gasteiger partial charge in [-0.05, 0) is 19.4 Å². The molecule has 0 bridgehead atoms. The van der Waals surface area contributed by atoms with Crippen LogP contribution in [0.15, 0.2) is 54.0 Å². The number of hydrogen-bond acceptors (Lipinski definition) is 4. The van der Waals surface area contributed by atoms with Crippen LogP contribution in [0.2, 0.25) is 0 Å². The zero-order valence-electron chi connectivity index (χ0n) is 11.9. The van der Waals surface area contributed by atoms with Gasteiger partial charge < -0.3 is 5.32 Å². The van der Waals surface area contributed by atoms with Crippen molar-refractivity contribution >= 4 is 17.8 Å². The fourth-order valence-electron chi connectivity index (χ4n) is 2.54. The Morgan fingerprint density at radius 2 is 2.10 bits per heavy atom. The van der Waals surface area contributed by atoms with Crippen LogP contribution in [0.25, 0.3) is 6.08 Å². The van der Waals surface area contributed by atoms with Crippen molar-refractivity contribution < 1.29 is 4.79 Å². The SMILES string of the molecule is CC(=O)C1=C(C)Nc2ncnn2C1C=Cc1ccccc1. The summed E-state index contributed by atoms with van der Waals surface area (Å²) in [6.07, 6.45) is 5.47. The lowest BCUT2D eigenvalue weighted by molar-refractivity contribution is -0.114. The lowest BCUT2D eigenvalue weighted by Crippen LogP contribution is -2.25. The van der Waals surface area contributed by atoms with Gasteiger partial charge in [-0.15, -0.1) is 0 Å². The highest BCUT2D eigenvalue weighted by Crippen LogP contribution is 2.31. The summed E-state index contributed by atoms with van der Waals surface area (Å²) >= 11 is 0. The van der Waals surface area contributed by atoms with E-state index in [-0.39, 0.29) is 11.8 Å². The van der Waals surface area contributed by atoms with Crippen molar-refractivity contribution in [3.05, 3.63) is 59.6 Å². The van der Waals surface area contributed by atoms with Gasteiger partial charge in [0.2, 0.25) is 5.95 Å². The van der Waals surface area contributed by atoms with Crippen molar-refractivity contribution in [3.63, 3.8) is 0 Å². The summed E-state index contributed by atoms with van der Waals surface area (Å²) in [6, 6.07) is 9.74. The maximum atomic E-state index is 12.0. The van der Waals surface area contributed by atoms with Crippen molar-refractivity contribution in [1.82, 2.24) is 14.8 Å². The third-order valence-electron chi connectivity index (χ3n) is 3.49. The molecule has 1 unspecified atom stereocenters. The minimum atomic E-state index is -0.235. The molecule has 0 saturated carbocycles. The smallest absolute Gasteiger partial charge is 0.226 e. The van der Waals surface area contributed by atoms with Crippen LogP contribution in [0.3, 0.4) is 0 Å². The molecule has 2 heterocycles. The Morgan fingerprint density at radius 3 is 2.81 bits per heavy atom. The Bertz CT molecular complexity index is 728. The van der Waals surface area contributed by atoms with Gasteiger partial charge in [0.05, 0.1) is 0 Å². The van der Waals surface area contributed by atoms with Gasteiger partial charge in [-0.3, -0.25) is 4.79 Å². The number of Topliss-reactive ketones (excluding diaryl/α,β-unsaturated/α-hetero) is 1. The monoisotopic (exact) mass is 280 g/mol. The molecular weight excluding hydrogens is 264 g/mol. The molecule has 5 nitrogen and oxygen atoms in total. The molecular formula is C16H16N4O. The molecule has 5 heteroatoms. The van der Waals surface area contributed by atoms with E-state index in [1.807, 2.05) is 49.4 Å². The Kier molecular flexibility index (Phi) is 3.39. The number of allylic oxidation sites excluding steroid dienone is 3. The van der Waals surface area contributed by atoms with E-state index in [2.05, 4.69) is 15.4 Å². The second kappa shape index (κ2) is 5.36. The number of carbonyl (C=O) groups excluding carboxylic acids is 1. The first-order chi connectivity index (χ1) is 10.2. The van der Waals surface area contributed by atoms with Crippen LogP contribution >= 0.6 is 0 Å². The maximum Gasteiger partial charge on any atom is 0.226 e. The molecule has 0 fully saturated rings. The minimum absolute atomic E-state index is 0.0314. The first-order valence-electron chi connectivity index (χ1n) is 6.78. The number of fused-ring (bicyclic) bond motifs is 1. The lowest BCUT2D eigenvalue weighted by Gasteiger charge is -2.25. The van der Waals surface area contributed by atoms with Crippen molar-refractivity contribution in [2.45, 2.75) is 19.9 Å². The number of nitrogens with zero attached hydrogens (tertiary/aromatic N) is 3. The molecule has 1 aromatic heterocycles. The Balaban J connectivity index is 2.02. The van der Waals surface area contributed by atoms with Crippen molar-refractivity contribution in [2.75, 3.05) is 5.32 Å². The van der Waals surface area contributed by atoms with Crippen molar-refractivity contribution in [1.29, 1.82) is 0 Å². The molecule has 0 amide bonds. The molecule has 0 spiro atoms. The number of benzene rings is 1. The summed E-state index contributed by atoms with van der Waals surface area (Å²) in [4.78, 5) is 16.1. The average molecular weight is 280 g/mol. The van der Waals surface area contributed by atoms with E-state index in [1.54, 1.807) is 11.6 Å². The highest BCUT2D eigenvalue weighted by atomic mass is 16.1. The van der Waals surface area contributed by atoms with Gasteiger partial charge in [-0.2, -0.15) is 10.1 Å². The maximum absolute atomic E-state index is 12.0. The molecule has 2 aromatic rings. The van der Waals surface area contributed by atoms with Gasteiger partial charge in [0, 0.05) is 11.3 Å². The molecule has 0 saturated heterocycles. The molecule has 0 radical (unpaired) electrons. The topological polar surface area (TPSA) is 59.8 Å². The van der Waals surface area contributed by atoms with Gasteiger partial charge in [0.1, 0.15) is 12.4 Å². The van der Waals surface area contributed by atoms with E-state index in [0.29, 0.717) is 11.5 Å². The molecule has 106 valence electrons. The predicted molar refractivity (Wildman–Crippen MR) is 81.5 cm³/mol. The highest BCUT2D eigenvalue weighted by molar-refractivity contribution is 5.96. The summed E-state index contributed by atoms with van der Waals surface area (Å²) in [6.45, 7) is 3.46. The predicted octanol–water partition coefficient (Wildman–Crippen LogP) is 2.82. The lowest BCUT2D eigenvalue weighted by atomic mass is 9.98. The molecule has 1 aliphatic heterocycles. The zero-order valence-corrected chi connectivity index (χ0v) is 11.9. The molecule has 1 N–H and O–H groups in total. The van der Waals surface area contributed by atoms with Crippen LogP contribution in [-0.4, -0.2) is 20.5 Å². The second-order valence-corrected chi connectivity index (χ2v) is 4.96. The van der Waals surface area contributed by atoms with E-state index in [0.717, 1.165) is 11.3 Å². The summed E-state index contributed by atoms with van der Waals surface area (Å²) in [5, 5.41) is 7.34. The Hall–Kier alpha value is -2.69. The second-order valence-electron chi connectivity index (χ2n) is 4.96. The fourth-order valence-corrected chi connectivity index (χ4v) is 2.54. The van der Waals surface area contributed by atoms with Gasteiger partial charge >= 0.3 is 0 Å². The van der Waals surface area contributed by atoms with Gasteiger partial charge in [-0.1, -0.05) is 42.5 Å². The van der Waals surface area contributed by atoms with Crippen LogP contribution in [0.4, 0.5) is 5.95 Å². The zero-order chi connectivity index (χ0) is 14.8. The summed E-state index contributed by atoms with van der Waals surface area (Å²) in [5.74, 6) is 0.684. The number of carbonyl (C=O) groups is 1. The third kappa shape index (κ3) is 2.50. The summed E-state index contributed by atoms with van der Waals surface area (Å²) in [7, 11) is 0. The fraction of sp³-hybridized carbons (Fsp3) is 0.188. The first-order valence-corrected chi connectivity index (χ1v) is 6.78. The number of anilines is 1. The molecule has 0 aliphatic carbocycles. The molecule has 21 heavy (non-hydrogen) atoms. The van der Waals surface area contributed by atoms with E-state index < -0.39 is 0 Å². The standard InChI is InChI=1S/C16H16N4O/c1-11-15(12(2)21)14(20-16(19-11)17-10-18-20)9-8-13-6-4-3-5-7-13/h3-10,14H,1-2H3,(H,17,18,19). The largest absolute Gasteiger partial charge is 0.328 e. The third-order valence-corrected chi connectivity index (χ3v) is 3.49. The van der Waals surface area contributed by atoms with E-state index in [4.69, 9.17) is 0 Å². The van der Waals surface area contributed by atoms with Crippen molar-refractivity contribution in [2.24, 2.45) is 0 Å². The number of ketones is 1. The van der Waals surface area contributed by atoms with Gasteiger partial charge in [-0.25, -0.2) is 4.68 Å². The van der Waals surface area contributed by atoms with Crippen LogP contribution < -0.4 is 5.32 Å². The summed E-state index contributed by atoms with van der Waals surface area (Å²) in [5.41, 5.74) is 2.61. The number of hydrogen-bond donors (Lipinski definition) is 1. The first kappa shape index (κ1) is 13.3. The quantitative estimate of drug-likeness (QED) is 0.939. The van der Waals surface area contributed by atoms with Gasteiger partial charge in [0.15, 0.2) is 5.78 Å². The molecule has 3 rings (SSSR count). The molecule has 1 aromatic carbocycles. The average Bonchev–Trinajstić information content (AvgIpc) is 2.93. The number of rotatable bonds is 3. The van der Waals surface area contributed by atoms with Crippen LogP contribution in [0.5, 0.6) is 0 Å². The van der Waals surface area contributed by atoms with E-state index in [9.17, 15) is 4.79 Å². The van der Waals surface area contributed by atoms with E-state index >= 15 is 0 Å². The van der Waals surface area contributed by atoms with Gasteiger partial charge in [0.25, 0.3) is 0 Å². The normalized spacial score (nSPS) is 17.7. The summed E-state index contributed by atoms with van der Waals surface area (Å²) < 4.78 is 1.73. The van der Waals surface area contributed by atoms with Crippen LogP contribution in [-0.2, 0) is 4.79 Å². The van der Waals surface area contributed by atoms with Crippen LogP contribution in [0, 0.1) is 0 Å². The van der Waals surface area contributed by atoms with Crippen LogP contribution in [0.1, 0.15) is 25.5 Å². The highest BCUT2D eigenvalue weighted by Gasteiger charge is 2.28. The molecule has 1 aliphatic rings. The minimum Gasteiger partial charge on any atom is -0.328 e. The Labute approximate surface area is 123 Å². The van der Waals surface area contributed by atoms with Crippen molar-refractivity contribution in [3.8, 4) is 0 Å². The number of nitrogens with one attached hydrogen (secondary N) is 1. The Morgan fingerprint density at radius 1 is 1.33 bits per heavy atom.